The van der Waals surface area contributed by atoms with Crippen molar-refractivity contribution in [1.82, 2.24) is 15.1 Å². The first-order chi connectivity index (χ1) is 14.6. The molecule has 7 heteroatoms. The third kappa shape index (κ3) is 4.60. The number of carbonyl (C=O) groups excluding carboxylic acids is 1. The van der Waals surface area contributed by atoms with Crippen molar-refractivity contribution in [2.75, 3.05) is 37.7 Å². The van der Waals surface area contributed by atoms with E-state index in [2.05, 4.69) is 15.1 Å². The first-order valence-corrected chi connectivity index (χ1v) is 10.6. The van der Waals surface area contributed by atoms with Crippen LogP contribution in [0.2, 0.25) is 5.02 Å². The van der Waals surface area contributed by atoms with Gasteiger partial charge >= 0.3 is 0 Å². The van der Waals surface area contributed by atoms with Gasteiger partial charge in [-0.25, -0.2) is 0 Å². The van der Waals surface area contributed by atoms with Crippen molar-refractivity contribution < 1.29 is 9.53 Å². The van der Waals surface area contributed by atoms with E-state index in [1.54, 1.807) is 0 Å². The molecule has 0 atom stereocenters. The van der Waals surface area contributed by atoms with E-state index < -0.39 is 0 Å². The standard InChI is InChI=1S/C23H25ClN4O2/c1-2-30-20-10-6-18(7-11-20)23(29)28-13-3-12-27(14-15-28)22-16-21(25-26-22)17-4-8-19(24)9-5-17/h4-11,16H,2-3,12-15H2,1H3,(H,25,26). The minimum absolute atomic E-state index is 0.0591. The zero-order chi connectivity index (χ0) is 20.9. The molecule has 156 valence electrons. The van der Waals surface area contributed by atoms with E-state index in [9.17, 15) is 4.79 Å². The topological polar surface area (TPSA) is 61.5 Å². The Labute approximate surface area is 181 Å². The molecule has 1 N–H and O–H groups in total. The quantitative estimate of drug-likeness (QED) is 0.655. The summed E-state index contributed by atoms with van der Waals surface area (Å²) < 4.78 is 5.46. The Morgan fingerprint density at radius 1 is 1.07 bits per heavy atom. The number of carbonyl (C=O) groups is 1. The molecular weight excluding hydrogens is 400 g/mol. The smallest absolute Gasteiger partial charge is 0.253 e. The number of nitrogens with one attached hydrogen (secondary N) is 1. The minimum atomic E-state index is 0.0591. The number of aromatic nitrogens is 2. The molecule has 30 heavy (non-hydrogen) atoms. The summed E-state index contributed by atoms with van der Waals surface area (Å²) in [6, 6.07) is 17.1. The van der Waals surface area contributed by atoms with Gasteiger partial charge in [0.05, 0.1) is 12.3 Å². The summed E-state index contributed by atoms with van der Waals surface area (Å²) in [5.41, 5.74) is 2.69. The van der Waals surface area contributed by atoms with Gasteiger partial charge < -0.3 is 14.5 Å². The largest absolute Gasteiger partial charge is 0.494 e. The van der Waals surface area contributed by atoms with Gasteiger partial charge in [-0.3, -0.25) is 9.89 Å². The van der Waals surface area contributed by atoms with Crippen LogP contribution in [0.1, 0.15) is 23.7 Å². The SMILES string of the molecule is CCOc1ccc(C(=O)N2CCCN(c3cc(-c4ccc(Cl)cc4)[nH]n3)CC2)cc1. The van der Waals surface area contributed by atoms with Gasteiger partial charge in [0, 0.05) is 42.8 Å². The summed E-state index contributed by atoms with van der Waals surface area (Å²) in [6.45, 7) is 5.56. The molecule has 1 aromatic heterocycles. The molecule has 0 unspecified atom stereocenters. The monoisotopic (exact) mass is 424 g/mol. The maximum atomic E-state index is 12.9. The number of benzene rings is 2. The van der Waals surface area contributed by atoms with Crippen molar-refractivity contribution in [2.24, 2.45) is 0 Å². The number of rotatable bonds is 5. The molecule has 1 aliphatic rings. The summed E-state index contributed by atoms with van der Waals surface area (Å²) in [5, 5.41) is 8.31. The number of hydrogen-bond donors (Lipinski definition) is 1. The molecule has 0 aliphatic carbocycles. The molecule has 2 aromatic carbocycles. The van der Waals surface area contributed by atoms with Crippen molar-refractivity contribution in [1.29, 1.82) is 0 Å². The summed E-state index contributed by atoms with van der Waals surface area (Å²) in [7, 11) is 0. The first-order valence-electron chi connectivity index (χ1n) is 10.2. The number of ether oxygens (including phenoxy) is 1. The lowest BCUT2D eigenvalue weighted by Crippen LogP contribution is -2.35. The average molecular weight is 425 g/mol. The van der Waals surface area contributed by atoms with Crippen LogP contribution in [0.15, 0.2) is 54.6 Å². The van der Waals surface area contributed by atoms with Crippen molar-refractivity contribution in [3.63, 3.8) is 0 Å². The number of hydrogen-bond acceptors (Lipinski definition) is 4. The fraction of sp³-hybridized carbons (Fsp3) is 0.304. The second-order valence-electron chi connectivity index (χ2n) is 7.24. The number of anilines is 1. The molecule has 1 amide bonds. The number of H-pyrrole nitrogens is 1. The Hall–Kier alpha value is -2.99. The maximum absolute atomic E-state index is 12.9. The lowest BCUT2D eigenvalue weighted by molar-refractivity contribution is 0.0767. The molecule has 2 heterocycles. The van der Waals surface area contributed by atoms with Crippen LogP contribution in [-0.4, -0.2) is 53.8 Å². The molecule has 3 aromatic rings. The van der Waals surface area contributed by atoms with Crippen LogP contribution >= 0.6 is 11.6 Å². The Morgan fingerprint density at radius 2 is 1.83 bits per heavy atom. The third-order valence-corrected chi connectivity index (χ3v) is 5.49. The molecule has 1 fully saturated rings. The van der Waals surface area contributed by atoms with Crippen LogP contribution in [0.5, 0.6) is 5.75 Å². The maximum Gasteiger partial charge on any atom is 0.253 e. The first kappa shape index (κ1) is 20.3. The molecule has 0 radical (unpaired) electrons. The van der Waals surface area contributed by atoms with Gasteiger partial charge in [0.2, 0.25) is 0 Å². The minimum Gasteiger partial charge on any atom is -0.494 e. The van der Waals surface area contributed by atoms with E-state index in [0.29, 0.717) is 23.7 Å². The van der Waals surface area contributed by atoms with Gasteiger partial charge in [0.15, 0.2) is 5.82 Å². The fourth-order valence-corrected chi connectivity index (χ4v) is 3.77. The van der Waals surface area contributed by atoms with Crippen LogP contribution in [0, 0.1) is 0 Å². The van der Waals surface area contributed by atoms with E-state index in [1.807, 2.05) is 66.4 Å². The van der Waals surface area contributed by atoms with Gasteiger partial charge in [0.25, 0.3) is 5.91 Å². The Balaban J connectivity index is 1.40. The molecule has 4 rings (SSSR count). The second-order valence-corrected chi connectivity index (χ2v) is 7.67. The van der Waals surface area contributed by atoms with Crippen LogP contribution in [0.25, 0.3) is 11.3 Å². The molecule has 0 spiro atoms. The van der Waals surface area contributed by atoms with Crippen LogP contribution in [0.4, 0.5) is 5.82 Å². The highest BCUT2D eigenvalue weighted by molar-refractivity contribution is 6.30. The molecule has 6 nitrogen and oxygen atoms in total. The van der Waals surface area contributed by atoms with E-state index in [1.165, 1.54) is 0 Å². The van der Waals surface area contributed by atoms with Gasteiger partial charge in [-0.2, -0.15) is 5.10 Å². The molecule has 1 aliphatic heterocycles. The van der Waals surface area contributed by atoms with Gasteiger partial charge in [0.1, 0.15) is 5.75 Å². The highest BCUT2D eigenvalue weighted by Crippen LogP contribution is 2.24. The van der Waals surface area contributed by atoms with Gasteiger partial charge in [-0.05, 0) is 55.3 Å². The predicted octanol–water partition coefficient (Wildman–Crippen LogP) is 4.48. The zero-order valence-electron chi connectivity index (χ0n) is 17.0. The Kier molecular flexibility index (Phi) is 6.23. The van der Waals surface area contributed by atoms with Crippen molar-refractivity contribution >= 4 is 23.3 Å². The van der Waals surface area contributed by atoms with Gasteiger partial charge in [-0.1, -0.05) is 23.7 Å². The third-order valence-electron chi connectivity index (χ3n) is 5.24. The van der Waals surface area contributed by atoms with E-state index in [0.717, 1.165) is 48.9 Å². The highest BCUT2D eigenvalue weighted by atomic mass is 35.5. The van der Waals surface area contributed by atoms with E-state index in [4.69, 9.17) is 16.3 Å². The number of amides is 1. The van der Waals surface area contributed by atoms with Crippen LogP contribution in [0.3, 0.4) is 0 Å². The normalized spacial score (nSPS) is 14.5. The van der Waals surface area contributed by atoms with Crippen molar-refractivity contribution in [3.8, 4) is 17.0 Å². The number of halogens is 1. The predicted molar refractivity (Wildman–Crippen MR) is 119 cm³/mol. The molecular formula is C23H25ClN4O2. The van der Waals surface area contributed by atoms with Crippen molar-refractivity contribution in [3.05, 3.63) is 65.2 Å². The fourth-order valence-electron chi connectivity index (χ4n) is 3.64. The lowest BCUT2D eigenvalue weighted by Gasteiger charge is -2.22. The Bertz CT molecular complexity index is 985. The second kappa shape index (κ2) is 9.22. The summed E-state index contributed by atoms with van der Waals surface area (Å²) in [5.74, 6) is 1.74. The summed E-state index contributed by atoms with van der Waals surface area (Å²) >= 11 is 5.98. The molecule has 1 saturated heterocycles. The van der Waals surface area contributed by atoms with Crippen molar-refractivity contribution in [2.45, 2.75) is 13.3 Å². The average Bonchev–Trinajstić information content (AvgIpc) is 3.12. The van der Waals surface area contributed by atoms with E-state index >= 15 is 0 Å². The highest BCUT2D eigenvalue weighted by Gasteiger charge is 2.22. The summed E-state index contributed by atoms with van der Waals surface area (Å²) in [4.78, 5) is 17.1. The van der Waals surface area contributed by atoms with Crippen LogP contribution in [-0.2, 0) is 0 Å². The Morgan fingerprint density at radius 3 is 2.57 bits per heavy atom. The summed E-state index contributed by atoms with van der Waals surface area (Å²) in [6.07, 6.45) is 0.895. The number of aromatic amines is 1. The van der Waals surface area contributed by atoms with E-state index in [-0.39, 0.29) is 5.91 Å². The number of nitrogens with zero attached hydrogens (tertiary/aromatic N) is 3. The lowest BCUT2D eigenvalue weighted by atomic mass is 10.1. The van der Waals surface area contributed by atoms with Crippen LogP contribution < -0.4 is 9.64 Å². The molecule has 0 saturated carbocycles. The molecule has 0 bridgehead atoms. The van der Waals surface area contributed by atoms with Gasteiger partial charge in [-0.15, -0.1) is 0 Å². The zero-order valence-corrected chi connectivity index (χ0v) is 17.7.